The lowest BCUT2D eigenvalue weighted by molar-refractivity contribution is -0.144. The van der Waals surface area contributed by atoms with Crippen molar-refractivity contribution in [3.8, 4) is 11.1 Å². The fraction of sp³-hybridized carbons (Fsp3) is 0.385. The van der Waals surface area contributed by atoms with Crippen LogP contribution in [-0.4, -0.2) is 31.1 Å². The predicted molar refractivity (Wildman–Crippen MR) is 127 cm³/mol. The van der Waals surface area contributed by atoms with Crippen LogP contribution in [0.15, 0.2) is 48.8 Å². The van der Waals surface area contributed by atoms with Gasteiger partial charge in [-0.3, -0.25) is 9.78 Å². The van der Waals surface area contributed by atoms with Crippen molar-refractivity contribution in [1.82, 2.24) is 15.0 Å². The van der Waals surface area contributed by atoms with Crippen LogP contribution >= 0.6 is 0 Å². The van der Waals surface area contributed by atoms with Crippen molar-refractivity contribution in [3.05, 3.63) is 65.7 Å². The van der Waals surface area contributed by atoms with E-state index >= 15 is 0 Å². The van der Waals surface area contributed by atoms with Crippen LogP contribution in [0.25, 0.3) is 11.1 Å². The van der Waals surface area contributed by atoms with Crippen molar-refractivity contribution < 1.29 is 23.8 Å². The maximum atomic E-state index is 13.0. The third-order valence-corrected chi connectivity index (χ3v) is 6.72. The maximum Gasteiger partial charge on any atom is 0.306 e. The Morgan fingerprint density at radius 2 is 1.83 bits per heavy atom. The molecule has 1 atom stereocenters. The molecule has 0 bridgehead atoms. The number of nitrogens with zero attached hydrogens (tertiary/aromatic N) is 3. The molecule has 35 heavy (non-hydrogen) atoms. The van der Waals surface area contributed by atoms with E-state index in [1.807, 2.05) is 31.2 Å². The number of pyridine rings is 1. The van der Waals surface area contributed by atoms with Crippen LogP contribution in [0.2, 0.25) is 0 Å². The highest BCUT2D eigenvalue weighted by molar-refractivity contribution is 5.71. The van der Waals surface area contributed by atoms with Crippen molar-refractivity contribution in [3.63, 3.8) is 0 Å². The molecule has 1 saturated carbocycles. The van der Waals surface area contributed by atoms with Crippen molar-refractivity contribution in [2.75, 3.05) is 5.32 Å². The van der Waals surface area contributed by atoms with Gasteiger partial charge < -0.3 is 15.5 Å². The lowest BCUT2D eigenvalue weighted by Gasteiger charge is -2.36. The molecule has 4 rings (SSSR count). The highest BCUT2D eigenvalue weighted by atomic mass is 19.3. The lowest BCUT2D eigenvalue weighted by atomic mass is 9.73. The summed E-state index contributed by atoms with van der Waals surface area (Å²) >= 11 is 0. The highest BCUT2D eigenvalue weighted by Gasteiger charge is 2.38. The average molecular weight is 483 g/mol. The van der Waals surface area contributed by atoms with Gasteiger partial charge in [0, 0.05) is 23.6 Å². The number of halogens is 2. The summed E-state index contributed by atoms with van der Waals surface area (Å²) in [7, 11) is 0. The number of carbonyl (C=O) groups is 1. The number of aliphatic carboxylic acids is 1. The van der Waals surface area contributed by atoms with E-state index < -0.39 is 18.0 Å². The van der Waals surface area contributed by atoms with Gasteiger partial charge in [0.2, 0.25) is 5.95 Å². The number of hydrogen-bond donors (Lipinski definition) is 3. The number of aliphatic hydroxyl groups is 1. The molecule has 1 aliphatic rings. The number of hydrogen-bond acceptors (Lipinski definition) is 6. The zero-order chi connectivity index (χ0) is 25.2. The van der Waals surface area contributed by atoms with Crippen LogP contribution < -0.4 is 5.32 Å². The molecule has 2 aromatic heterocycles. The van der Waals surface area contributed by atoms with Gasteiger partial charge in [-0.15, -0.1) is 0 Å². The molecule has 0 saturated heterocycles. The number of alkyl halides is 2. The minimum Gasteiger partial charge on any atom is -0.481 e. The second-order valence-electron chi connectivity index (χ2n) is 9.28. The number of rotatable bonds is 7. The van der Waals surface area contributed by atoms with Crippen LogP contribution in [0.5, 0.6) is 0 Å². The summed E-state index contributed by atoms with van der Waals surface area (Å²) in [5.41, 5.74) is 2.32. The van der Waals surface area contributed by atoms with Crippen LogP contribution in [0.1, 0.15) is 56.0 Å². The molecule has 0 aliphatic heterocycles. The Balaban J connectivity index is 1.52. The van der Waals surface area contributed by atoms with Crippen LogP contribution in [0.3, 0.4) is 0 Å². The molecule has 0 amide bonds. The standard InChI is InChI=1S/C26H28F2N4O3/c1-15-11-18(13-20(12-15)31-25-29-10-9-21(32-25)23(27)28)17-5-8-22(30-14-17)26(2,35)19-6-3-16(4-7-19)24(33)34/h5,8-14,16,19,23,35H,3-4,6-7H2,1-2H3,(H,33,34)(H,29,31,32)/t16?,19?,26-/m0/s1. The minimum absolute atomic E-state index is 0.0600. The fourth-order valence-electron chi connectivity index (χ4n) is 4.68. The second kappa shape index (κ2) is 10.0. The fourth-order valence-corrected chi connectivity index (χ4v) is 4.68. The Morgan fingerprint density at radius 1 is 1.09 bits per heavy atom. The first-order valence-corrected chi connectivity index (χ1v) is 11.6. The number of nitrogens with one attached hydrogen (secondary N) is 1. The summed E-state index contributed by atoms with van der Waals surface area (Å²) in [6, 6.07) is 10.5. The van der Waals surface area contributed by atoms with Crippen molar-refractivity contribution in [1.29, 1.82) is 0 Å². The van der Waals surface area contributed by atoms with Crippen molar-refractivity contribution >= 4 is 17.6 Å². The van der Waals surface area contributed by atoms with E-state index in [4.69, 9.17) is 0 Å². The van der Waals surface area contributed by atoms with Crippen molar-refractivity contribution in [2.45, 2.75) is 51.6 Å². The normalized spacial score (nSPS) is 19.8. The maximum absolute atomic E-state index is 13.0. The first kappa shape index (κ1) is 24.7. The highest BCUT2D eigenvalue weighted by Crippen LogP contribution is 2.40. The number of aryl methyl sites for hydroxylation is 1. The third kappa shape index (κ3) is 5.62. The molecule has 2 heterocycles. The number of anilines is 2. The number of benzene rings is 1. The number of aromatic nitrogens is 3. The quantitative estimate of drug-likeness (QED) is 0.401. The Bertz CT molecular complexity index is 1190. The second-order valence-corrected chi connectivity index (χ2v) is 9.28. The third-order valence-electron chi connectivity index (χ3n) is 6.72. The summed E-state index contributed by atoms with van der Waals surface area (Å²) in [5, 5.41) is 23.4. The SMILES string of the molecule is Cc1cc(Nc2nccc(C(F)F)n2)cc(-c2ccc([C@@](C)(O)C3CCC(C(=O)O)CC3)nc2)c1. The Morgan fingerprint density at radius 3 is 2.46 bits per heavy atom. The van der Waals surface area contributed by atoms with Gasteiger partial charge in [0.15, 0.2) is 0 Å². The first-order chi connectivity index (χ1) is 16.6. The Hall–Kier alpha value is -3.46. The van der Waals surface area contributed by atoms with Gasteiger partial charge in [-0.25, -0.2) is 18.7 Å². The molecule has 184 valence electrons. The molecular weight excluding hydrogens is 454 g/mol. The number of carboxylic acid groups (broad SMARTS) is 1. The van der Waals surface area contributed by atoms with E-state index in [1.54, 1.807) is 19.2 Å². The van der Waals surface area contributed by atoms with Gasteiger partial charge in [0.25, 0.3) is 6.43 Å². The predicted octanol–water partition coefficient (Wildman–Crippen LogP) is 5.63. The molecule has 0 unspecified atom stereocenters. The average Bonchev–Trinajstić information content (AvgIpc) is 2.84. The molecule has 7 nitrogen and oxygen atoms in total. The first-order valence-electron chi connectivity index (χ1n) is 11.6. The Kier molecular flexibility index (Phi) is 7.07. The zero-order valence-electron chi connectivity index (χ0n) is 19.6. The lowest BCUT2D eigenvalue weighted by Crippen LogP contribution is -2.36. The van der Waals surface area contributed by atoms with E-state index in [-0.39, 0.29) is 23.5 Å². The van der Waals surface area contributed by atoms with Gasteiger partial charge in [0.1, 0.15) is 11.3 Å². The molecule has 3 aromatic rings. The minimum atomic E-state index is -2.68. The summed E-state index contributed by atoms with van der Waals surface area (Å²) in [5.74, 6) is -1.09. The van der Waals surface area contributed by atoms with Gasteiger partial charge in [-0.1, -0.05) is 12.1 Å². The van der Waals surface area contributed by atoms with Gasteiger partial charge in [-0.05, 0) is 80.8 Å². The molecule has 0 radical (unpaired) electrons. The molecule has 1 fully saturated rings. The van der Waals surface area contributed by atoms with Gasteiger partial charge in [-0.2, -0.15) is 0 Å². The largest absolute Gasteiger partial charge is 0.481 e. The Labute approximate surface area is 202 Å². The summed E-state index contributed by atoms with van der Waals surface area (Å²) < 4.78 is 25.9. The molecular formula is C26H28F2N4O3. The zero-order valence-corrected chi connectivity index (χ0v) is 19.6. The van der Waals surface area contributed by atoms with Crippen molar-refractivity contribution in [2.24, 2.45) is 11.8 Å². The van der Waals surface area contributed by atoms with E-state index in [0.29, 0.717) is 37.1 Å². The van der Waals surface area contributed by atoms with Crippen LogP contribution in [-0.2, 0) is 10.4 Å². The van der Waals surface area contributed by atoms with E-state index in [1.165, 1.54) is 12.3 Å². The molecule has 9 heteroatoms. The molecule has 0 spiro atoms. The van der Waals surface area contributed by atoms with Gasteiger partial charge in [0.05, 0.1) is 11.6 Å². The van der Waals surface area contributed by atoms with Gasteiger partial charge >= 0.3 is 5.97 Å². The van der Waals surface area contributed by atoms with Crippen LogP contribution in [0, 0.1) is 18.8 Å². The monoisotopic (exact) mass is 482 g/mol. The topological polar surface area (TPSA) is 108 Å². The number of carboxylic acids is 1. The van der Waals surface area contributed by atoms with E-state index in [0.717, 1.165) is 16.7 Å². The summed E-state index contributed by atoms with van der Waals surface area (Å²) in [6.45, 7) is 3.66. The molecule has 3 N–H and O–H groups in total. The van der Waals surface area contributed by atoms with Crippen LogP contribution in [0.4, 0.5) is 20.4 Å². The van der Waals surface area contributed by atoms with E-state index in [2.05, 4.69) is 20.3 Å². The van der Waals surface area contributed by atoms with E-state index in [9.17, 15) is 23.8 Å². The smallest absolute Gasteiger partial charge is 0.306 e. The molecule has 1 aromatic carbocycles. The summed E-state index contributed by atoms with van der Waals surface area (Å²) in [6.07, 6.45) is 2.68. The molecule has 1 aliphatic carbocycles. The summed E-state index contributed by atoms with van der Waals surface area (Å²) in [4.78, 5) is 23.6.